The molecule has 0 saturated heterocycles. The van der Waals surface area contributed by atoms with Gasteiger partial charge in [-0.25, -0.2) is 4.79 Å². The summed E-state index contributed by atoms with van der Waals surface area (Å²) in [5.41, 5.74) is 5.71. The van der Waals surface area contributed by atoms with Crippen LogP contribution in [0.1, 0.15) is 41.0 Å². The molecule has 5 unspecified atom stereocenters. The molecule has 0 fully saturated rings. The first kappa shape index (κ1) is 27.3. The molecule has 0 aliphatic carbocycles. The lowest BCUT2D eigenvalue weighted by Crippen LogP contribution is -2.60. The number of carboxylic acid groups (broad SMARTS) is 2. The number of nitrogens with two attached hydrogens (primary N) is 1. The number of aliphatic carboxylic acids is 2. The van der Waals surface area contributed by atoms with E-state index in [2.05, 4.69) is 16.0 Å². The molecule has 172 valence electrons. The van der Waals surface area contributed by atoms with Crippen LogP contribution in [0.3, 0.4) is 0 Å². The van der Waals surface area contributed by atoms with Gasteiger partial charge in [-0.3, -0.25) is 19.2 Å². The number of hydrogen-bond donors (Lipinski definition) is 7. The molecule has 0 aliphatic rings. The number of hydrogen-bond acceptors (Lipinski definition) is 7. The topological polar surface area (TPSA) is 208 Å². The fourth-order valence-corrected chi connectivity index (χ4v) is 2.37. The molecule has 0 aromatic carbocycles. The molecule has 0 aromatic rings. The van der Waals surface area contributed by atoms with E-state index in [1.165, 1.54) is 6.92 Å². The Balaban J connectivity index is 5.47. The van der Waals surface area contributed by atoms with E-state index >= 15 is 0 Å². The zero-order valence-electron chi connectivity index (χ0n) is 17.7. The van der Waals surface area contributed by atoms with Gasteiger partial charge >= 0.3 is 11.9 Å². The van der Waals surface area contributed by atoms with Gasteiger partial charge in [0.1, 0.15) is 18.1 Å². The van der Waals surface area contributed by atoms with Gasteiger partial charge in [0, 0.05) is 0 Å². The molecule has 12 heteroatoms. The monoisotopic (exact) mass is 432 g/mol. The van der Waals surface area contributed by atoms with Gasteiger partial charge in [0.2, 0.25) is 17.7 Å². The predicted octanol–water partition coefficient (Wildman–Crippen LogP) is -1.98. The lowest BCUT2D eigenvalue weighted by Gasteiger charge is -2.27. The van der Waals surface area contributed by atoms with Crippen LogP contribution in [-0.4, -0.2) is 75.3 Å². The van der Waals surface area contributed by atoms with Crippen LogP contribution in [0.2, 0.25) is 0 Å². The number of rotatable bonds is 12. The third-order valence-corrected chi connectivity index (χ3v) is 4.33. The molecule has 5 atom stereocenters. The second-order valence-corrected chi connectivity index (χ2v) is 7.72. The molecule has 0 bridgehead atoms. The Bertz CT molecular complexity index is 650. The second-order valence-electron chi connectivity index (χ2n) is 7.72. The summed E-state index contributed by atoms with van der Waals surface area (Å²) in [4.78, 5) is 59.5. The molecular formula is C18H32N4O8. The van der Waals surface area contributed by atoms with Crippen LogP contribution in [0.4, 0.5) is 0 Å². The minimum Gasteiger partial charge on any atom is -0.481 e. The standard InChI is InChI=1S/C18H32N4O8/c1-7(2)12(19)16(27)22-14(9(5)23)17(28)20-10(6-11(24)25)15(26)21-13(8(3)4)18(29)30/h7-10,12-14,23H,6,19H2,1-5H3,(H,20,28)(H,21,26)(H,22,27)(H,24,25)(H,29,30). The van der Waals surface area contributed by atoms with Crippen molar-refractivity contribution in [2.24, 2.45) is 17.6 Å². The number of nitrogens with one attached hydrogen (secondary N) is 3. The third kappa shape index (κ3) is 8.74. The SMILES string of the molecule is CC(C)C(N)C(=O)NC(C(=O)NC(CC(=O)O)C(=O)NC(C(=O)O)C(C)C)C(C)O. The average Bonchev–Trinajstić information content (AvgIpc) is 2.60. The molecule has 0 aromatic heterocycles. The highest BCUT2D eigenvalue weighted by molar-refractivity contribution is 5.95. The number of aliphatic hydroxyl groups excluding tert-OH is 1. The van der Waals surface area contributed by atoms with Crippen molar-refractivity contribution in [3.8, 4) is 0 Å². The van der Waals surface area contributed by atoms with Gasteiger partial charge in [0.05, 0.1) is 18.6 Å². The summed E-state index contributed by atoms with van der Waals surface area (Å²) >= 11 is 0. The minimum atomic E-state index is -1.63. The fraction of sp³-hybridized carbons (Fsp3) is 0.722. The van der Waals surface area contributed by atoms with Crippen LogP contribution in [-0.2, 0) is 24.0 Å². The Labute approximate surface area is 174 Å². The number of aliphatic hydroxyl groups is 1. The van der Waals surface area contributed by atoms with Crippen molar-refractivity contribution in [2.75, 3.05) is 0 Å². The summed E-state index contributed by atoms with van der Waals surface area (Å²) in [6.45, 7) is 7.67. The molecule has 0 radical (unpaired) electrons. The first-order valence-electron chi connectivity index (χ1n) is 9.48. The molecule has 0 aliphatic heterocycles. The molecule has 0 spiro atoms. The van der Waals surface area contributed by atoms with Crippen molar-refractivity contribution in [1.29, 1.82) is 0 Å². The number of carbonyl (C=O) groups is 5. The van der Waals surface area contributed by atoms with Crippen LogP contribution < -0.4 is 21.7 Å². The fourth-order valence-electron chi connectivity index (χ4n) is 2.37. The van der Waals surface area contributed by atoms with Gasteiger partial charge in [0.15, 0.2) is 0 Å². The Hall–Kier alpha value is -2.73. The first-order valence-corrected chi connectivity index (χ1v) is 9.48. The second kappa shape index (κ2) is 12.1. The summed E-state index contributed by atoms with van der Waals surface area (Å²) in [5, 5.41) is 34.7. The van der Waals surface area contributed by atoms with Gasteiger partial charge in [-0.2, -0.15) is 0 Å². The van der Waals surface area contributed by atoms with Gasteiger partial charge < -0.3 is 37.0 Å². The van der Waals surface area contributed by atoms with Gasteiger partial charge in [0.25, 0.3) is 0 Å². The van der Waals surface area contributed by atoms with Crippen molar-refractivity contribution < 1.29 is 39.3 Å². The maximum absolute atomic E-state index is 12.5. The highest BCUT2D eigenvalue weighted by Gasteiger charge is 2.34. The normalized spacial score (nSPS) is 16.2. The summed E-state index contributed by atoms with van der Waals surface area (Å²) in [5.74, 6) is -6.27. The summed E-state index contributed by atoms with van der Waals surface area (Å²) < 4.78 is 0. The van der Waals surface area contributed by atoms with Crippen molar-refractivity contribution in [3.63, 3.8) is 0 Å². The maximum Gasteiger partial charge on any atom is 0.326 e. The van der Waals surface area contributed by atoms with Crippen LogP contribution in [0.15, 0.2) is 0 Å². The quantitative estimate of drug-likeness (QED) is 0.182. The zero-order chi connectivity index (χ0) is 23.8. The van der Waals surface area contributed by atoms with Crippen molar-refractivity contribution in [3.05, 3.63) is 0 Å². The van der Waals surface area contributed by atoms with E-state index in [-0.39, 0.29) is 5.92 Å². The minimum absolute atomic E-state index is 0.253. The Morgan fingerprint density at radius 3 is 1.63 bits per heavy atom. The molecule has 0 saturated carbocycles. The molecule has 30 heavy (non-hydrogen) atoms. The average molecular weight is 432 g/mol. The van der Waals surface area contributed by atoms with Crippen molar-refractivity contribution in [1.82, 2.24) is 16.0 Å². The number of amides is 3. The highest BCUT2D eigenvalue weighted by Crippen LogP contribution is 2.05. The van der Waals surface area contributed by atoms with Crippen molar-refractivity contribution >= 4 is 29.7 Å². The highest BCUT2D eigenvalue weighted by atomic mass is 16.4. The number of carboxylic acids is 2. The Kier molecular flexibility index (Phi) is 11.0. The summed E-state index contributed by atoms with van der Waals surface area (Å²) in [6.07, 6.45) is -2.22. The van der Waals surface area contributed by atoms with E-state index in [0.717, 1.165) is 0 Å². The number of carbonyl (C=O) groups excluding carboxylic acids is 3. The lowest BCUT2D eigenvalue weighted by molar-refractivity contribution is -0.144. The van der Waals surface area contributed by atoms with E-state index in [0.29, 0.717) is 0 Å². The smallest absolute Gasteiger partial charge is 0.326 e. The summed E-state index contributed by atoms with van der Waals surface area (Å²) in [7, 11) is 0. The maximum atomic E-state index is 12.5. The van der Waals surface area contributed by atoms with E-state index in [4.69, 9.17) is 10.8 Å². The van der Waals surface area contributed by atoms with Crippen LogP contribution in [0.25, 0.3) is 0 Å². The predicted molar refractivity (Wildman–Crippen MR) is 105 cm³/mol. The van der Waals surface area contributed by atoms with Gasteiger partial charge in [-0.15, -0.1) is 0 Å². The van der Waals surface area contributed by atoms with Crippen LogP contribution in [0, 0.1) is 11.8 Å². The molecule has 0 rings (SSSR count). The molecule has 8 N–H and O–H groups in total. The van der Waals surface area contributed by atoms with Gasteiger partial charge in [-0.1, -0.05) is 27.7 Å². The van der Waals surface area contributed by atoms with Crippen LogP contribution in [0.5, 0.6) is 0 Å². The molecule has 0 heterocycles. The zero-order valence-corrected chi connectivity index (χ0v) is 17.7. The van der Waals surface area contributed by atoms with E-state index < -0.39 is 72.3 Å². The van der Waals surface area contributed by atoms with E-state index in [1.807, 2.05) is 0 Å². The first-order chi connectivity index (χ1) is 13.7. The molecule has 3 amide bonds. The molecule has 12 nitrogen and oxygen atoms in total. The largest absolute Gasteiger partial charge is 0.481 e. The third-order valence-electron chi connectivity index (χ3n) is 4.33. The lowest BCUT2D eigenvalue weighted by atomic mass is 10.0. The summed E-state index contributed by atoms with van der Waals surface area (Å²) in [6, 6.07) is -5.40. The Morgan fingerprint density at radius 2 is 1.27 bits per heavy atom. The Morgan fingerprint density at radius 1 is 0.767 bits per heavy atom. The van der Waals surface area contributed by atoms with E-state index in [9.17, 15) is 34.2 Å². The van der Waals surface area contributed by atoms with Gasteiger partial charge in [-0.05, 0) is 18.8 Å². The van der Waals surface area contributed by atoms with E-state index in [1.54, 1.807) is 27.7 Å². The van der Waals surface area contributed by atoms with Crippen LogP contribution >= 0.6 is 0 Å². The van der Waals surface area contributed by atoms with Crippen molar-refractivity contribution in [2.45, 2.75) is 71.3 Å². The molecular weight excluding hydrogens is 400 g/mol.